The predicted molar refractivity (Wildman–Crippen MR) is 49.0 cm³/mol. The molecule has 0 aliphatic carbocycles. The molecule has 0 radical (unpaired) electrons. The third-order valence-electron chi connectivity index (χ3n) is 1.97. The Bertz CT molecular complexity index is 509. The average Bonchev–Trinajstić information content (AvgIpc) is 2.24. The van der Waals surface area contributed by atoms with Crippen molar-refractivity contribution in [2.75, 3.05) is 0 Å². The maximum Gasteiger partial charge on any atom is 0.407 e. The van der Waals surface area contributed by atoms with Crippen molar-refractivity contribution < 1.29 is 26.3 Å². The number of nitrogens with zero attached hydrogens (tertiary/aromatic N) is 2. The van der Waals surface area contributed by atoms with Crippen LogP contribution >= 0.6 is 0 Å². The van der Waals surface area contributed by atoms with Gasteiger partial charge in [0.25, 0.3) is 0 Å². The zero-order valence-electron chi connectivity index (χ0n) is 8.32. The second-order valence-electron chi connectivity index (χ2n) is 3.11. The van der Waals surface area contributed by atoms with Crippen molar-refractivity contribution in [3.05, 3.63) is 46.1 Å². The summed E-state index contributed by atoms with van der Waals surface area (Å²) < 4.78 is 74.7. The molecule has 0 spiro atoms. The fourth-order valence-electron chi connectivity index (χ4n) is 1.22. The molecule has 1 aromatic carbocycles. The van der Waals surface area contributed by atoms with Crippen LogP contribution in [-0.4, -0.2) is 0 Å². The van der Waals surface area contributed by atoms with E-state index in [9.17, 15) is 26.3 Å². The molecular weight excluding hydrogens is 262 g/mol. The zero-order valence-corrected chi connectivity index (χ0v) is 8.32. The molecule has 0 aliphatic heterocycles. The van der Waals surface area contributed by atoms with Crippen LogP contribution in [0.2, 0.25) is 0 Å². The van der Waals surface area contributed by atoms with Crippen LogP contribution in [0.25, 0.3) is 9.69 Å². The van der Waals surface area contributed by atoms with Gasteiger partial charge in [-0.25, -0.2) is 9.69 Å². The van der Waals surface area contributed by atoms with Crippen molar-refractivity contribution in [3.63, 3.8) is 0 Å². The molecule has 0 heterocycles. The predicted octanol–water partition coefficient (Wildman–Crippen LogP) is 4.83. The molecule has 8 heteroatoms. The number of halogens is 6. The third-order valence-corrected chi connectivity index (χ3v) is 1.97. The quantitative estimate of drug-likeness (QED) is 0.469. The van der Waals surface area contributed by atoms with Crippen molar-refractivity contribution in [3.8, 4) is 0 Å². The van der Waals surface area contributed by atoms with E-state index >= 15 is 0 Å². The first-order valence-corrected chi connectivity index (χ1v) is 4.18. The molecule has 0 bridgehead atoms. The smallest absolute Gasteiger partial charge is 0.239 e. The number of benzene rings is 1. The lowest BCUT2D eigenvalue weighted by Crippen LogP contribution is -2.10. The molecule has 0 N–H and O–H groups in total. The summed E-state index contributed by atoms with van der Waals surface area (Å²) in [7, 11) is 0. The third kappa shape index (κ3) is 2.54. The van der Waals surface area contributed by atoms with Crippen molar-refractivity contribution in [2.45, 2.75) is 12.4 Å². The van der Waals surface area contributed by atoms with E-state index in [1.54, 1.807) is 0 Å². The lowest BCUT2D eigenvalue weighted by Gasteiger charge is -2.14. The van der Waals surface area contributed by atoms with Gasteiger partial charge in [-0.3, -0.25) is 0 Å². The summed E-state index contributed by atoms with van der Waals surface area (Å²) in [6.45, 7) is 13.0. The molecule has 0 atom stereocenters. The van der Waals surface area contributed by atoms with Gasteiger partial charge in [-0.1, -0.05) is 12.1 Å². The molecule has 0 saturated heterocycles. The highest BCUT2D eigenvalue weighted by Gasteiger charge is 2.40. The lowest BCUT2D eigenvalue weighted by atomic mass is 10.1. The van der Waals surface area contributed by atoms with E-state index in [1.807, 2.05) is 0 Å². The minimum atomic E-state index is -5.08. The summed E-state index contributed by atoms with van der Waals surface area (Å²) in [4.78, 5) is 4.98. The summed E-state index contributed by atoms with van der Waals surface area (Å²) in [6, 6.07) is 0.0897. The van der Waals surface area contributed by atoms with E-state index in [1.165, 1.54) is 0 Å². The number of alkyl halides is 6. The van der Waals surface area contributed by atoms with Crippen LogP contribution in [0.4, 0.5) is 37.7 Å². The van der Waals surface area contributed by atoms with Crippen molar-refractivity contribution in [2.24, 2.45) is 0 Å². The molecule has 0 amide bonds. The van der Waals surface area contributed by atoms with Crippen LogP contribution in [0, 0.1) is 13.1 Å². The Morgan fingerprint density at radius 3 is 1.28 bits per heavy atom. The van der Waals surface area contributed by atoms with E-state index in [0.717, 1.165) is 0 Å². The molecule has 18 heavy (non-hydrogen) atoms. The van der Waals surface area contributed by atoms with Gasteiger partial charge in [0.2, 0.25) is 0 Å². The fraction of sp³-hybridized carbons (Fsp3) is 0.200. The Morgan fingerprint density at radius 2 is 1.06 bits per heavy atom. The van der Waals surface area contributed by atoms with Gasteiger partial charge < -0.3 is 0 Å². The van der Waals surface area contributed by atoms with Gasteiger partial charge in [-0.15, -0.1) is 0 Å². The van der Waals surface area contributed by atoms with Crippen LogP contribution in [0.3, 0.4) is 0 Å². The number of hydrogen-bond acceptors (Lipinski definition) is 0. The molecule has 0 saturated carbocycles. The monoisotopic (exact) mass is 264 g/mol. The minimum absolute atomic E-state index is 0.208. The molecule has 94 valence electrons. The fourth-order valence-corrected chi connectivity index (χ4v) is 1.22. The molecule has 0 unspecified atom stereocenters. The molecule has 1 rings (SSSR count). The number of hydrogen-bond donors (Lipinski definition) is 0. The Morgan fingerprint density at radius 1 is 0.722 bits per heavy atom. The van der Waals surface area contributed by atoms with Crippen molar-refractivity contribution >= 4 is 11.4 Å². The Hall–Kier alpha value is -2.22. The maximum absolute atomic E-state index is 12.5. The molecule has 1 aromatic rings. The van der Waals surface area contributed by atoms with Crippen LogP contribution in [0.15, 0.2) is 12.1 Å². The molecular formula is C10H2F6N2. The van der Waals surface area contributed by atoms with E-state index < -0.39 is 34.9 Å². The van der Waals surface area contributed by atoms with E-state index in [4.69, 9.17) is 13.1 Å². The minimum Gasteiger partial charge on any atom is -0.239 e. The van der Waals surface area contributed by atoms with Crippen LogP contribution in [-0.2, 0) is 12.4 Å². The largest absolute Gasteiger partial charge is 0.407 e. The first-order valence-electron chi connectivity index (χ1n) is 4.18. The normalized spacial score (nSPS) is 11.8. The lowest BCUT2D eigenvalue weighted by molar-refractivity contribution is -0.142. The molecule has 0 aromatic heterocycles. The van der Waals surface area contributed by atoms with E-state index in [2.05, 4.69) is 9.69 Å². The van der Waals surface area contributed by atoms with Crippen LogP contribution in [0.5, 0.6) is 0 Å². The van der Waals surface area contributed by atoms with Gasteiger partial charge >= 0.3 is 12.4 Å². The van der Waals surface area contributed by atoms with Gasteiger partial charge in [0, 0.05) is 0 Å². The summed E-state index contributed by atoms with van der Waals surface area (Å²) in [6.07, 6.45) is -10.2. The summed E-state index contributed by atoms with van der Waals surface area (Å²) in [5.41, 5.74) is -5.45. The van der Waals surface area contributed by atoms with Gasteiger partial charge in [-0.2, -0.15) is 26.3 Å². The van der Waals surface area contributed by atoms with Crippen molar-refractivity contribution in [1.29, 1.82) is 0 Å². The SMILES string of the molecule is [C-]#[N+]c1cc([N+]#[C-])c(C(F)(F)F)cc1C(F)(F)F. The van der Waals surface area contributed by atoms with Crippen LogP contribution < -0.4 is 0 Å². The van der Waals surface area contributed by atoms with Gasteiger partial charge in [0.15, 0.2) is 11.4 Å². The molecule has 2 nitrogen and oxygen atoms in total. The highest BCUT2D eigenvalue weighted by atomic mass is 19.4. The highest BCUT2D eigenvalue weighted by Crippen LogP contribution is 2.45. The summed E-state index contributed by atoms with van der Waals surface area (Å²) in [5.74, 6) is 0. The summed E-state index contributed by atoms with van der Waals surface area (Å²) in [5, 5.41) is 0. The first kappa shape index (κ1) is 13.8. The highest BCUT2D eigenvalue weighted by molar-refractivity contribution is 5.68. The van der Waals surface area contributed by atoms with Gasteiger partial charge in [0.1, 0.15) is 0 Å². The van der Waals surface area contributed by atoms with Gasteiger partial charge in [-0.05, 0) is 0 Å². The second kappa shape index (κ2) is 4.22. The van der Waals surface area contributed by atoms with E-state index in [0.29, 0.717) is 6.07 Å². The van der Waals surface area contributed by atoms with Crippen molar-refractivity contribution in [1.82, 2.24) is 0 Å². The van der Waals surface area contributed by atoms with E-state index in [-0.39, 0.29) is 6.07 Å². The molecule has 0 fully saturated rings. The van der Waals surface area contributed by atoms with Gasteiger partial charge in [0.05, 0.1) is 24.3 Å². The second-order valence-corrected chi connectivity index (χ2v) is 3.11. The molecule has 0 aliphatic rings. The Kier molecular flexibility index (Phi) is 3.25. The topological polar surface area (TPSA) is 8.72 Å². The standard InChI is InChI=1S/C10H2F6N2/c1-17-7-4-8(18-2)6(10(14,15)16)3-5(7)9(11,12)13/h3-4H. The first-order chi connectivity index (χ1) is 8.11. The zero-order chi connectivity index (χ0) is 14.1. The summed E-state index contributed by atoms with van der Waals surface area (Å²) >= 11 is 0. The average molecular weight is 264 g/mol. The Labute approximate surface area is 97.1 Å². The number of rotatable bonds is 0. The van der Waals surface area contributed by atoms with Crippen LogP contribution in [0.1, 0.15) is 11.1 Å². The Balaban J connectivity index is 3.68. The maximum atomic E-state index is 12.5.